The van der Waals surface area contributed by atoms with E-state index in [1.807, 2.05) is 44.2 Å². The number of ketones is 1. The molecular formula is C30H31NO7S. The summed E-state index contributed by atoms with van der Waals surface area (Å²) in [6.45, 7) is 3.12. The number of nitrogens with one attached hydrogen (secondary N) is 1. The number of carbonyl (C=O) groups is 1. The lowest BCUT2D eigenvalue weighted by Gasteiger charge is -2.32. The highest BCUT2D eigenvalue weighted by molar-refractivity contribution is 7.91. The minimum Gasteiger partial charge on any atom is -0.491 e. The van der Waals surface area contributed by atoms with Crippen LogP contribution in [0, 0.1) is 0 Å². The number of aliphatic hydroxyl groups is 3. The lowest BCUT2D eigenvalue weighted by Crippen LogP contribution is -2.34. The van der Waals surface area contributed by atoms with Gasteiger partial charge in [0.05, 0.1) is 22.8 Å². The summed E-state index contributed by atoms with van der Waals surface area (Å²) in [6, 6.07) is 19.4. The van der Waals surface area contributed by atoms with E-state index < -0.39 is 34.1 Å². The molecule has 204 valence electrons. The molecule has 2 unspecified atom stereocenters. The van der Waals surface area contributed by atoms with Gasteiger partial charge in [-0.05, 0) is 47.9 Å². The molecule has 0 saturated carbocycles. The quantitative estimate of drug-likeness (QED) is 0.252. The van der Waals surface area contributed by atoms with E-state index >= 15 is 0 Å². The zero-order chi connectivity index (χ0) is 27.9. The van der Waals surface area contributed by atoms with Gasteiger partial charge in [-0.25, -0.2) is 8.42 Å². The van der Waals surface area contributed by atoms with E-state index in [4.69, 9.17) is 9.84 Å². The number of aromatic amines is 1. The largest absolute Gasteiger partial charge is 0.491 e. The fraction of sp³-hybridized carbons (Fsp3) is 0.300. The number of aryl methyl sites for hydroxylation is 1. The van der Waals surface area contributed by atoms with Crippen LogP contribution in [0.3, 0.4) is 0 Å². The summed E-state index contributed by atoms with van der Waals surface area (Å²) in [5.74, 6) is 0.212. The van der Waals surface area contributed by atoms with Crippen LogP contribution in [0.1, 0.15) is 46.6 Å². The second-order valence-corrected chi connectivity index (χ2v) is 12.5. The SMILES string of the molecule is CC1(C)c2cc(OCC(O)C(O)CO)ccc2C(=O)c2c1[nH]c1cc(S(=O)(=O)CCc3ccccc3)ccc21. The number of ether oxygens (including phenoxy) is 1. The van der Waals surface area contributed by atoms with Gasteiger partial charge in [0, 0.05) is 27.6 Å². The summed E-state index contributed by atoms with van der Waals surface area (Å²) in [5, 5.41) is 29.2. The highest BCUT2D eigenvalue weighted by atomic mass is 32.2. The van der Waals surface area contributed by atoms with Crippen LogP contribution in [0.4, 0.5) is 0 Å². The van der Waals surface area contributed by atoms with Crippen LogP contribution in [0.5, 0.6) is 5.75 Å². The maximum absolute atomic E-state index is 13.6. The zero-order valence-corrected chi connectivity index (χ0v) is 22.5. The van der Waals surface area contributed by atoms with Gasteiger partial charge in [0.25, 0.3) is 0 Å². The van der Waals surface area contributed by atoms with Crippen molar-refractivity contribution in [3.05, 3.63) is 94.7 Å². The Morgan fingerprint density at radius 1 is 0.974 bits per heavy atom. The first kappa shape index (κ1) is 27.1. The molecule has 8 nitrogen and oxygen atoms in total. The number of hydrogen-bond donors (Lipinski definition) is 4. The van der Waals surface area contributed by atoms with Crippen molar-refractivity contribution in [1.82, 2.24) is 4.98 Å². The molecule has 4 N–H and O–H groups in total. The Hall–Kier alpha value is -3.50. The molecular weight excluding hydrogens is 518 g/mol. The smallest absolute Gasteiger partial charge is 0.195 e. The molecule has 0 amide bonds. The highest BCUT2D eigenvalue weighted by Gasteiger charge is 2.40. The third kappa shape index (κ3) is 4.98. The first-order chi connectivity index (χ1) is 18.5. The van der Waals surface area contributed by atoms with Crippen LogP contribution in [-0.2, 0) is 21.7 Å². The second-order valence-electron chi connectivity index (χ2n) is 10.4. The van der Waals surface area contributed by atoms with Gasteiger partial charge in [-0.2, -0.15) is 0 Å². The predicted octanol–water partition coefficient (Wildman–Crippen LogP) is 3.15. The molecule has 0 aliphatic heterocycles. The number of H-pyrrole nitrogens is 1. The van der Waals surface area contributed by atoms with Crippen molar-refractivity contribution in [1.29, 1.82) is 0 Å². The van der Waals surface area contributed by atoms with Gasteiger partial charge >= 0.3 is 0 Å². The third-order valence-electron chi connectivity index (χ3n) is 7.44. The minimum atomic E-state index is -3.55. The maximum atomic E-state index is 13.6. The standard InChI is InChI=1S/C30H31NO7S/c1-30(2)23-14-19(38-17-26(34)25(33)16-32)8-10-21(23)28(35)27-22-11-9-20(15-24(22)31-29(27)30)39(36,37)13-12-18-6-4-3-5-7-18/h3-11,14-15,25-26,31-34H,12-13,16-17H2,1-2H3. The summed E-state index contributed by atoms with van der Waals surface area (Å²) in [4.78, 5) is 17.2. The first-order valence-corrected chi connectivity index (χ1v) is 14.4. The summed E-state index contributed by atoms with van der Waals surface area (Å²) in [7, 11) is -3.55. The number of aromatic nitrogens is 1. The van der Waals surface area contributed by atoms with Crippen molar-refractivity contribution >= 4 is 26.5 Å². The topological polar surface area (TPSA) is 137 Å². The molecule has 39 heavy (non-hydrogen) atoms. The predicted molar refractivity (Wildman–Crippen MR) is 147 cm³/mol. The number of sulfone groups is 1. The van der Waals surface area contributed by atoms with Crippen molar-refractivity contribution in [2.45, 2.75) is 42.8 Å². The van der Waals surface area contributed by atoms with Crippen LogP contribution in [0.2, 0.25) is 0 Å². The van der Waals surface area contributed by atoms with Gasteiger partial charge in [-0.15, -0.1) is 0 Å². The van der Waals surface area contributed by atoms with E-state index in [0.717, 1.165) is 11.1 Å². The Labute approximate surface area is 226 Å². The van der Waals surface area contributed by atoms with E-state index in [9.17, 15) is 23.4 Å². The molecule has 0 spiro atoms. The molecule has 3 aromatic carbocycles. The van der Waals surface area contributed by atoms with Gasteiger partial charge in [-0.3, -0.25) is 4.79 Å². The van der Waals surface area contributed by atoms with Crippen LogP contribution >= 0.6 is 0 Å². The van der Waals surface area contributed by atoms with Gasteiger partial charge in [0.2, 0.25) is 0 Å². The van der Waals surface area contributed by atoms with Crippen molar-refractivity contribution in [3.8, 4) is 5.75 Å². The molecule has 4 aromatic rings. The molecule has 1 heterocycles. The fourth-order valence-corrected chi connectivity index (χ4v) is 6.41. The average molecular weight is 550 g/mol. The Kier molecular flexibility index (Phi) is 7.11. The van der Waals surface area contributed by atoms with Gasteiger partial charge in [0.1, 0.15) is 24.6 Å². The van der Waals surface area contributed by atoms with Crippen LogP contribution in [0.25, 0.3) is 10.9 Å². The summed E-state index contributed by atoms with van der Waals surface area (Å²) >= 11 is 0. The van der Waals surface area contributed by atoms with Gasteiger partial charge in [-0.1, -0.05) is 50.2 Å². The van der Waals surface area contributed by atoms with Gasteiger partial charge in [0.15, 0.2) is 15.6 Å². The Morgan fingerprint density at radius 3 is 2.44 bits per heavy atom. The molecule has 2 atom stereocenters. The molecule has 9 heteroatoms. The molecule has 5 rings (SSSR count). The molecule has 1 aliphatic carbocycles. The summed E-state index contributed by atoms with van der Waals surface area (Å²) in [6.07, 6.45) is -2.18. The Balaban J connectivity index is 1.46. The number of benzene rings is 3. The van der Waals surface area contributed by atoms with Crippen molar-refractivity contribution < 1.29 is 33.3 Å². The molecule has 0 bridgehead atoms. The second kappa shape index (κ2) is 10.2. The fourth-order valence-electron chi connectivity index (χ4n) is 5.10. The van der Waals surface area contributed by atoms with E-state index in [-0.39, 0.29) is 23.0 Å². The third-order valence-corrected chi connectivity index (χ3v) is 9.16. The molecule has 1 aromatic heterocycles. The normalized spacial score (nSPS) is 16.0. The number of fused-ring (bicyclic) bond motifs is 4. The van der Waals surface area contributed by atoms with E-state index in [1.54, 1.807) is 36.4 Å². The Bertz CT molecular complexity index is 1640. The molecule has 0 radical (unpaired) electrons. The van der Waals surface area contributed by atoms with E-state index in [1.165, 1.54) is 0 Å². The maximum Gasteiger partial charge on any atom is 0.195 e. The van der Waals surface area contributed by atoms with Crippen LogP contribution in [0.15, 0.2) is 71.6 Å². The number of aliphatic hydroxyl groups excluding tert-OH is 3. The van der Waals surface area contributed by atoms with Crippen LogP contribution in [-0.4, -0.2) is 65.7 Å². The first-order valence-electron chi connectivity index (χ1n) is 12.7. The summed E-state index contributed by atoms with van der Waals surface area (Å²) < 4.78 is 31.9. The Morgan fingerprint density at radius 2 is 1.72 bits per heavy atom. The average Bonchev–Trinajstić information content (AvgIpc) is 3.34. The number of rotatable bonds is 9. The number of hydrogen-bond acceptors (Lipinski definition) is 7. The molecule has 0 saturated heterocycles. The highest BCUT2D eigenvalue weighted by Crippen LogP contribution is 2.45. The monoisotopic (exact) mass is 549 g/mol. The van der Waals surface area contributed by atoms with E-state index in [2.05, 4.69) is 4.98 Å². The van der Waals surface area contributed by atoms with Crippen molar-refractivity contribution in [2.24, 2.45) is 0 Å². The van der Waals surface area contributed by atoms with Crippen molar-refractivity contribution in [3.63, 3.8) is 0 Å². The lowest BCUT2D eigenvalue weighted by atomic mass is 9.71. The van der Waals surface area contributed by atoms with Gasteiger partial charge < -0.3 is 25.0 Å². The molecule has 1 aliphatic rings. The zero-order valence-electron chi connectivity index (χ0n) is 21.7. The lowest BCUT2D eigenvalue weighted by molar-refractivity contribution is -0.0339. The minimum absolute atomic E-state index is 0.0222. The molecule has 0 fully saturated rings. The van der Waals surface area contributed by atoms with E-state index in [0.29, 0.717) is 39.9 Å². The summed E-state index contributed by atoms with van der Waals surface area (Å²) in [5.41, 5.74) is 3.31. The van der Waals surface area contributed by atoms with Crippen molar-refractivity contribution in [2.75, 3.05) is 19.0 Å². The number of carbonyl (C=O) groups excluding carboxylic acids is 1. The van der Waals surface area contributed by atoms with Crippen LogP contribution < -0.4 is 4.74 Å².